The lowest BCUT2D eigenvalue weighted by atomic mass is 10.1. The Hall–Kier alpha value is -2.71. The molecule has 6 nitrogen and oxygen atoms in total. The molecule has 0 saturated heterocycles. The maximum Gasteiger partial charge on any atom is 0.408 e. The minimum absolute atomic E-state index is 0.0362. The molecule has 0 fully saturated rings. The standard InChI is InChI=1S/C15H14F3N5O/c1-9-11-5-3-4-6-12(11)14(24)22(20-9)7-13-19-10(2)21-23(13)8-15(16,17)18/h3-6H,7-8H2,1-2H3. The Bertz CT molecular complexity index is 958. The van der Waals surface area contributed by atoms with Crippen LogP contribution in [0.4, 0.5) is 13.2 Å². The van der Waals surface area contributed by atoms with Crippen molar-refractivity contribution in [1.82, 2.24) is 24.5 Å². The largest absolute Gasteiger partial charge is 0.408 e. The van der Waals surface area contributed by atoms with Crippen LogP contribution in [0, 0.1) is 13.8 Å². The van der Waals surface area contributed by atoms with Crippen molar-refractivity contribution in [3.8, 4) is 0 Å². The number of rotatable bonds is 3. The number of nitrogens with zero attached hydrogens (tertiary/aromatic N) is 5. The van der Waals surface area contributed by atoms with E-state index >= 15 is 0 Å². The fraction of sp³-hybridized carbons (Fsp3) is 0.333. The minimum atomic E-state index is -4.42. The van der Waals surface area contributed by atoms with E-state index in [1.54, 1.807) is 31.2 Å². The number of fused-ring (bicyclic) bond motifs is 1. The van der Waals surface area contributed by atoms with Crippen LogP contribution < -0.4 is 5.56 Å². The molecule has 2 aromatic heterocycles. The van der Waals surface area contributed by atoms with Crippen molar-refractivity contribution in [2.45, 2.75) is 33.1 Å². The summed E-state index contributed by atoms with van der Waals surface area (Å²) >= 11 is 0. The molecule has 0 N–H and O–H groups in total. The van der Waals surface area contributed by atoms with Crippen molar-refractivity contribution in [1.29, 1.82) is 0 Å². The SMILES string of the molecule is Cc1nc(Cn2nc(C)c3ccccc3c2=O)n(CC(F)(F)F)n1. The molecule has 0 spiro atoms. The summed E-state index contributed by atoms with van der Waals surface area (Å²) < 4.78 is 39.8. The Morgan fingerprint density at radius 3 is 2.38 bits per heavy atom. The second kappa shape index (κ2) is 5.73. The van der Waals surface area contributed by atoms with Gasteiger partial charge in [0.15, 0.2) is 0 Å². The molecule has 0 atom stereocenters. The van der Waals surface area contributed by atoms with Crippen molar-refractivity contribution in [3.05, 3.63) is 52.0 Å². The molecular weight excluding hydrogens is 323 g/mol. The minimum Gasteiger partial charge on any atom is -0.267 e. The lowest BCUT2D eigenvalue weighted by Crippen LogP contribution is -2.27. The van der Waals surface area contributed by atoms with Crippen LogP contribution in [0.1, 0.15) is 17.3 Å². The van der Waals surface area contributed by atoms with Crippen molar-refractivity contribution < 1.29 is 13.2 Å². The Kier molecular flexibility index (Phi) is 3.86. The molecule has 2 heterocycles. The highest BCUT2D eigenvalue weighted by molar-refractivity contribution is 5.83. The van der Waals surface area contributed by atoms with Gasteiger partial charge in [-0.05, 0) is 19.9 Å². The second-order valence-electron chi connectivity index (χ2n) is 5.44. The van der Waals surface area contributed by atoms with Crippen LogP contribution in [0.5, 0.6) is 0 Å². The van der Waals surface area contributed by atoms with E-state index in [-0.39, 0.29) is 23.8 Å². The zero-order valence-corrected chi connectivity index (χ0v) is 13.0. The zero-order valence-electron chi connectivity index (χ0n) is 13.0. The second-order valence-corrected chi connectivity index (χ2v) is 5.44. The first-order valence-electron chi connectivity index (χ1n) is 7.18. The van der Waals surface area contributed by atoms with Crippen LogP contribution in [-0.2, 0) is 13.1 Å². The van der Waals surface area contributed by atoms with E-state index in [2.05, 4.69) is 15.2 Å². The molecule has 3 aromatic rings. The highest BCUT2D eigenvalue weighted by atomic mass is 19.4. The van der Waals surface area contributed by atoms with E-state index in [0.717, 1.165) is 9.36 Å². The molecule has 0 saturated carbocycles. The van der Waals surface area contributed by atoms with Crippen molar-refractivity contribution in [2.75, 3.05) is 0 Å². The van der Waals surface area contributed by atoms with E-state index in [0.29, 0.717) is 16.5 Å². The number of halogens is 3. The molecule has 9 heteroatoms. The molecular formula is C15H14F3N5O. The van der Waals surface area contributed by atoms with Crippen LogP contribution in [0.3, 0.4) is 0 Å². The van der Waals surface area contributed by atoms with Gasteiger partial charge in [-0.15, -0.1) is 0 Å². The molecule has 126 valence electrons. The zero-order chi connectivity index (χ0) is 17.5. The van der Waals surface area contributed by atoms with Crippen LogP contribution in [0.2, 0.25) is 0 Å². The number of hydrogen-bond acceptors (Lipinski definition) is 4. The topological polar surface area (TPSA) is 65.6 Å². The lowest BCUT2D eigenvalue weighted by Gasteiger charge is -2.11. The smallest absolute Gasteiger partial charge is 0.267 e. The van der Waals surface area contributed by atoms with E-state index in [1.807, 2.05) is 0 Å². The van der Waals surface area contributed by atoms with Crippen LogP contribution >= 0.6 is 0 Å². The molecule has 3 rings (SSSR count). The number of aromatic nitrogens is 5. The first kappa shape index (κ1) is 16.2. The third-order valence-corrected chi connectivity index (χ3v) is 3.53. The predicted octanol–water partition coefficient (Wildman–Crippen LogP) is 2.22. The average molecular weight is 337 g/mol. The molecule has 0 amide bonds. The van der Waals surface area contributed by atoms with Gasteiger partial charge in [0.1, 0.15) is 24.7 Å². The lowest BCUT2D eigenvalue weighted by molar-refractivity contribution is -0.143. The maximum atomic E-state index is 12.6. The van der Waals surface area contributed by atoms with Gasteiger partial charge in [0.2, 0.25) is 0 Å². The summed E-state index contributed by atoms with van der Waals surface area (Å²) in [6.45, 7) is 1.80. The van der Waals surface area contributed by atoms with Crippen molar-refractivity contribution in [2.24, 2.45) is 0 Å². The third-order valence-electron chi connectivity index (χ3n) is 3.53. The summed E-state index contributed by atoms with van der Waals surface area (Å²) in [5, 5.41) is 9.11. The van der Waals surface area contributed by atoms with Crippen LogP contribution in [0.15, 0.2) is 29.1 Å². The predicted molar refractivity (Wildman–Crippen MR) is 80.7 cm³/mol. The normalized spacial score (nSPS) is 12.0. The summed E-state index contributed by atoms with van der Waals surface area (Å²) in [5.41, 5.74) is 0.235. The molecule has 0 aliphatic rings. The summed E-state index contributed by atoms with van der Waals surface area (Å²) in [6, 6.07) is 6.96. The fourth-order valence-corrected chi connectivity index (χ4v) is 2.56. The summed E-state index contributed by atoms with van der Waals surface area (Å²) in [6.07, 6.45) is -4.42. The molecule has 0 aliphatic heterocycles. The summed E-state index contributed by atoms with van der Waals surface area (Å²) in [7, 11) is 0. The maximum absolute atomic E-state index is 12.6. The van der Waals surface area contributed by atoms with Gasteiger partial charge in [0.25, 0.3) is 5.56 Å². The van der Waals surface area contributed by atoms with Crippen LogP contribution in [0.25, 0.3) is 10.8 Å². The summed E-state index contributed by atoms with van der Waals surface area (Å²) in [5.74, 6) is 0.244. The Morgan fingerprint density at radius 2 is 1.71 bits per heavy atom. The van der Waals surface area contributed by atoms with E-state index in [4.69, 9.17) is 0 Å². The van der Waals surface area contributed by atoms with E-state index in [9.17, 15) is 18.0 Å². The van der Waals surface area contributed by atoms with Crippen molar-refractivity contribution in [3.63, 3.8) is 0 Å². The number of alkyl halides is 3. The van der Waals surface area contributed by atoms with Gasteiger partial charge in [0.05, 0.1) is 11.1 Å². The number of hydrogen-bond donors (Lipinski definition) is 0. The van der Waals surface area contributed by atoms with Gasteiger partial charge in [-0.3, -0.25) is 4.79 Å². The van der Waals surface area contributed by atoms with Crippen molar-refractivity contribution >= 4 is 10.8 Å². The van der Waals surface area contributed by atoms with Gasteiger partial charge in [-0.2, -0.15) is 23.4 Å². The van der Waals surface area contributed by atoms with Gasteiger partial charge in [0, 0.05) is 5.39 Å². The van der Waals surface area contributed by atoms with Gasteiger partial charge >= 0.3 is 6.18 Å². The highest BCUT2D eigenvalue weighted by Crippen LogP contribution is 2.18. The molecule has 0 aliphatic carbocycles. The monoisotopic (exact) mass is 337 g/mol. The van der Waals surface area contributed by atoms with Gasteiger partial charge in [-0.1, -0.05) is 18.2 Å². The quantitative estimate of drug-likeness (QED) is 0.735. The van der Waals surface area contributed by atoms with Gasteiger partial charge in [-0.25, -0.2) is 14.3 Å². The molecule has 24 heavy (non-hydrogen) atoms. The van der Waals surface area contributed by atoms with Gasteiger partial charge < -0.3 is 0 Å². The Morgan fingerprint density at radius 1 is 1.04 bits per heavy atom. The number of benzene rings is 1. The summed E-state index contributed by atoms with van der Waals surface area (Å²) in [4.78, 5) is 16.5. The Labute approximate surface area is 134 Å². The Balaban J connectivity index is 2.05. The molecule has 1 aromatic carbocycles. The van der Waals surface area contributed by atoms with E-state index < -0.39 is 12.7 Å². The first-order chi connectivity index (χ1) is 11.2. The van der Waals surface area contributed by atoms with E-state index in [1.165, 1.54) is 6.92 Å². The fourth-order valence-electron chi connectivity index (χ4n) is 2.56. The molecule has 0 bridgehead atoms. The molecule has 0 radical (unpaired) electrons. The van der Waals surface area contributed by atoms with Crippen LogP contribution in [-0.4, -0.2) is 30.7 Å². The first-order valence-corrected chi connectivity index (χ1v) is 7.18. The highest BCUT2D eigenvalue weighted by Gasteiger charge is 2.30. The number of aryl methyl sites for hydroxylation is 2. The third kappa shape index (κ3) is 3.15. The average Bonchev–Trinajstić information content (AvgIpc) is 2.82. The molecule has 0 unspecified atom stereocenters.